The molecule has 1 saturated heterocycles. The fourth-order valence-electron chi connectivity index (χ4n) is 5.48. The Balaban J connectivity index is 1.32. The highest BCUT2D eigenvalue weighted by atomic mass is 16.6. The third-order valence-corrected chi connectivity index (χ3v) is 7.80. The van der Waals surface area contributed by atoms with Crippen LogP contribution in [0.25, 0.3) is 28.2 Å². The Morgan fingerprint density at radius 2 is 1.74 bits per heavy atom. The van der Waals surface area contributed by atoms with Crippen molar-refractivity contribution in [3.8, 4) is 34.0 Å². The molecule has 0 atom stereocenters. The predicted octanol–water partition coefficient (Wildman–Crippen LogP) is 5.14. The molecule has 1 N–H and O–H groups in total. The number of nitrogens with zero attached hydrogens (tertiary/aromatic N) is 7. The predicted molar refractivity (Wildman–Crippen MR) is 173 cm³/mol. The van der Waals surface area contributed by atoms with Gasteiger partial charge in [-0.15, -0.1) is 0 Å². The minimum absolute atomic E-state index is 0.0246. The number of carbonyl (C=O) groups excluding carboxylic acids is 2. The third-order valence-electron chi connectivity index (χ3n) is 7.80. The maximum absolute atomic E-state index is 12.2. The summed E-state index contributed by atoms with van der Waals surface area (Å²) < 4.78 is 7.27. The Hall–Kier alpha value is -6.11. The summed E-state index contributed by atoms with van der Waals surface area (Å²) in [6.07, 6.45) is 4.05. The van der Waals surface area contributed by atoms with Crippen molar-refractivity contribution >= 4 is 35.2 Å². The highest BCUT2D eigenvalue weighted by Gasteiger charge is 2.27. The molecule has 13 nitrogen and oxygen atoms in total. The Morgan fingerprint density at radius 1 is 1.00 bits per heavy atom. The van der Waals surface area contributed by atoms with E-state index >= 15 is 0 Å². The molecule has 6 rings (SSSR count). The van der Waals surface area contributed by atoms with Gasteiger partial charge < -0.3 is 19.9 Å². The summed E-state index contributed by atoms with van der Waals surface area (Å²) in [5.74, 6) is 0.542. The van der Waals surface area contributed by atoms with E-state index in [1.165, 1.54) is 20.1 Å². The minimum atomic E-state index is -0.438. The fraction of sp³-hybridized carbons (Fsp3) is 0.182. The monoisotopic (exact) mass is 618 g/mol. The molecule has 1 aliphatic rings. The summed E-state index contributed by atoms with van der Waals surface area (Å²) in [4.78, 5) is 48.1. The maximum Gasteiger partial charge on any atom is 0.294 e. The molecular weight excluding hydrogens is 588 g/mol. The molecule has 1 aliphatic heterocycles. The first-order valence-electron chi connectivity index (χ1n) is 14.5. The summed E-state index contributed by atoms with van der Waals surface area (Å²) in [5.41, 5.74) is 4.43. The molecule has 2 aromatic heterocycles. The highest BCUT2D eigenvalue weighted by molar-refractivity contribution is 5.86. The van der Waals surface area contributed by atoms with Gasteiger partial charge in [0.2, 0.25) is 11.9 Å². The van der Waals surface area contributed by atoms with Crippen molar-refractivity contribution in [3.05, 3.63) is 101 Å². The summed E-state index contributed by atoms with van der Waals surface area (Å²) in [7, 11) is 1.48. The number of piperazine rings is 1. The summed E-state index contributed by atoms with van der Waals surface area (Å²) in [5, 5.41) is 20.0. The smallest absolute Gasteiger partial charge is 0.294 e. The van der Waals surface area contributed by atoms with Crippen molar-refractivity contribution in [2.75, 3.05) is 43.5 Å². The van der Waals surface area contributed by atoms with Crippen LogP contribution in [0, 0.1) is 10.1 Å². The molecule has 0 radical (unpaired) electrons. The normalized spacial score (nSPS) is 12.9. The van der Waals surface area contributed by atoms with Gasteiger partial charge in [0.15, 0.2) is 6.29 Å². The van der Waals surface area contributed by atoms with Crippen LogP contribution in [0.3, 0.4) is 0 Å². The van der Waals surface area contributed by atoms with Gasteiger partial charge >= 0.3 is 0 Å². The zero-order valence-corrected chi connectivity index (χ0v) is 25.2. The number of amides is 1. The lowest BCUT2D eigenvalue weighted by atomic mass is 10.1. The molecule has 13 heteroatoms. The third kappa shape index (κ3) is 5.98. The van der Waals surface area contributed by atoms with Gasteiger partial charge in [0.05, 0.1) is 34.7 Å². The van der Waals surface area contributed by atoms with Crippen LogP contribution in [0.1, 0.15) is 17.3 Å². The quantitative estimate of drug-likeness (QED) is 0.134. The minimum Gasteiger partial charge on any atom is -0.494 e. The molecular formula is C33H30N8O5. The Labute approximate surface area is 264 Å². The Kier molecular flexibility index (Phi) is 8.37. The molecule has 0 unspecified atom stereocenters. The van der Waals surface area contributed by atoms with Crippen molar-refractivity contribution in [2.24, 2.45) is 0 Å². The topological polar surface area (TPSA) is 149 Å². The molecule has 0 bridgehead atoms. The molecule has 5 aromatic rings. The van der Waals surface area contributed by atoms with E-state index in [1.807, 2.05) is 59.5 Å². The van der Waals surface area contributed by atoms with Gasteiger partial charge in [-0.3, -0.25) is 19.7 Å². The lowest BCUT2D eigenvalue weighted by Crippen LogP contribution is -2.48. The van der Waals surface area contributed by atoms with Gasteiger partial charge in [0.1, 0.15) is 17.1 Å². The number of rotatable bonds is 9. The molecule has 0 spiro atoms. The van der Waals surface area contributed by atoms with E-state index in [9.17, 15) is 19.7 Å². The number of methoxy groups -OCH3 is 1. The summed E-state index contributed by atoms with van der Waals surface area (Å²) in [6, 6.07) is 21.8. The van der Waals surface area contributed by atoms with Gasteiger partial charge in [-0.05, 0) is 12.1 Å². The maximum atomic E-state index is 12.2. The number of carbonyl (C=O) groups is 2. The van der Waals surface area contributed by atoms with E-state index in [-0.39, 0.29) is 17.5 Å². The van der Waals surface area contributed by atoms with E-state index in [0.717, 1.165) is 17.4 Å². The molecule has 0 aliphatic carbocycles. The van der Waals surface area contributed by atoms with E-state index in [4.69, 9.17) is 14.8 Å². The zero-order valence-electron chi connectivity index (χ0n) is 25.2. The van der Waals surface area contributed by atoms with Crippen LogP contribution in [0.5, 0.6) is 5.75 Å². The number of benzene rings is 3. The number of aldehydes is 1. The molecule has 0 saturated carbocycles. The SMILES string of the molecule is COc1cc(N2CCN(C(C)=O)CC2)c([N+](=O)[O-])cc1Nc1nccc(-c2ccccc2-n2cc(C=O)c(-c3ccccc3)n2)n1. The highest BCUT2D eigenvalue weighted by Crippen LogP contribution is 2.40. The van der Waals surface area contributed by atoms with Crippen LogP contribution in [-0.4, -0.2) is 75.1 Å². The Morgan fingerprint density at radius 3 is 2.43 bits per heavy atom. The van der Waals surface area contributed by atoms with Gasteiger partial charge in [0.25, 0.3) is 5.69 Å². The zero-order chi connectivity index (χ0) is 32.2. The average molecular weight is 619 g/mol. The standard InChI is InChI=1S/C33H30N8O5/c1-22(43)38-14-16-39(17-15-38)29-19-31(46-2)27(18-30(29)41(44)45)36-33-34-13-12-26(35-33)25-10-6-7-11-28(25)40-20-24(21-42)32(37-40)23-8-4-3-5-9-23/h3-13,18-21H,14-17H2,1-2H3,(H,34,35,36). The second-order valence-corrected chi connectivity index (χ2v) is 10.6. The van der Waals surface area contributed by atoms with Crippen LogP contribution < -0.4 is 15.0 Å². The van der Waals surface area contributed by atoms with Gasteiger partial charge in [0, 0.05) is 68.8 Å². The summed E-state index contributed by atoms with van der Waals surface area (Å²) >= 11 is 0. The second kappa shape index (κ2) is 12.9. The van der Waals surface area contributed by atoms with Crippen molar-refractivity contribution in [3.63, 3.8) is 0 Å². The van der Waals surface area contributed by atoms with Crippen LogP contribution in [0.15, 0.2) is 85.2 Å². The number of hydrogen-bond donors (Lipinski definition) is 1. The van der Waals surface area contributed by atoms with Crippen molar-refractivity contribution < 1.29 is 19.2 Å². The van der Waals surface area contributed by atoms with Gasteiger partial charge in [-0.1, -0.05) is 48.5 Å². The van der Waals surface area contributed by atoms with E-state index in [2.05, 4.69) is 10.3 Å². The van der Waals surface area contributed by atoms with Gasteiger partial charge in [-0.2, -0.15) is 5.10 Å². The average Bonchev–Trinajstić information content (AvgIpc) is 3.53. The number of nitro benzene ring substituents is 1. The fourth-order valence-corrected chi connectivity index (χ4v) is 5.48. The van der Waals surface area contributed by atoms with Crippen molar-refractivity contribution in [2.45, 2.75) is 6.92 Å². The number of para-hydroxylation sites is 1. The molecule has 232 valence electrons. The lowest BCUT2D eigenvalue weighted by Gasteiger charge is -2.35. The molecule has 1 fully saturated rings. The number of anilines is 3. The molecule has 46 heavy (non-hydrogen) atoms. The molecule has 3 aromatic carbocycles. The second-order valence-electron chi connectivity index (χ2n) is 10.6. The van der Waals surface area contributed by atoms with Crippen LogP contribution in [0.2, 0.25) is 0 Å². The summed E-state index contributed by atoms with van der Waals surface area (Å²) in [6.45, 7) is 3.37. The van der Waals surface area contributed by atoms with E-state index in [1.54, 1.807) is 34.1 Å². The number of hydrogen-bond acceptors (Lipinski definition) is 10. The number of aromatic nitrogens is 4. The van der Waals surface area contributed by atoms with Crippen molar-refractivity contribution in [1.29, 1.82) is 0 Å². The lowest BCUT2D eigenvalue weighted by molar-refractivity contribution is -0.384. The van der Waals surface area contributed by atoms with Crippen LogP contribution in [0.4, 0.5) is 23.0 Å². The van der Waals surface area contributed by atoms with Crippen molar-refractivity contribution in [1.82, 2.24) is 24.6 Å². The van der Waals surface area contributed by atoms with Crippen LogP contribution >= 0.6 is 0 Å². The van der Waals surface area contributed by atoms with E-state index < -0.39 is 4.92 Å². The van der Waals surface area contributed by atoms with E-state index in [0.29, 0.717) is 65.9 Å². The first-order chi connectivity index (χ1) is 22.4. The van der Waals surface area contributed by atoms with Gasteiger partial charge in [-0.25, -0.2) is 14.6 Å². The number of nitrogens with one attached hydrogen (secondary N) is 1. The Bertz CT molecular complexity index is 1920. The first kappa shape index (κ1) is 29.9. The number of nitro groups is 1. The largest absolute Gasteiger partial charge is 0.494 e. The number of ether oxygens (including phenoxy) is 1. The first-order valence-corrected chi connectivity index (χ1v) is 14.5. The van der Waals surface area contributed by atoms with Crippen LogP contribution in [-0.2, 0) is 4.79 Å². The molecule has 1 amide bonds. The molecule has 3 heterocycles.